The Balaban J connectivity index is 3.95. The van der Waals surface area contributed by atoms with E-state index in [0.29, 0.717) is 17.2 Å². The van der Waals surface area contributed by atoms with Crippen molar-refractivity contribution < 1.29 is 9.53 Å². The molecule has 0 fully saturated rings. The van der Waals surface area contributed by atoms with Crippen molar-refractivity contribution in [1.82, 2.24) is 0 Å². The van der Waals surface area contributed by atoms with Crippen molar-refractivity contribution in [2.24, 2.45) is 5.11 Å². The van der Waals surface area contributed by atoms with Crippen LogP contribution in [-0.4, -0.2) is 28.1 Å². The first-order valence-electron chi connectivity index (χ1n) is 4.78. The van der Waals surface area contributed by atoms with Gasteiger partial charge in [-0.2, -0.15) is 0 Å². The van der Waals surface area contributed by atoms with E-state index in [1.165, 1.54) is 11.8 Å². The van der Waals surface area contributed by atoms with Gasteiger partial charge in [0.05, 0.1) is 6.61 Å². The Labute approximate surface area is 105 Å². The van der Waals surface area contributed by atoms with Crippen molar-refractivity contribution in [2.45, 2.75) is 31.9 Å². The lowest BCUT2D eigenvalue weighted by molar-refractivity contribution is -0.145. The second kappa shape index (κ2) is 7.49. The molecule has 0 N–H and O–H groups in total. The number of thiocarbonyl (C=S) groups is 1. The van der Waals surface area contributed by atoms with Crippen molar-refractivity contribution >= 4 is 34.1 Å². The van der Waals surface area contributed by atoms with Crippen LogP contribution in [0.25, 0.3) is 10.4 Å². The quantitative estimate of drug-likeness (QED) is 0.184. The van der Waals surface area contributed by atoms with Crippen LogP contribution in [0.5, 0.6) is 0 Å². The van der Waals surface area contributed by atoms with Crippen LogP contribution in [0.1, 0.15) is 27.2 Å². The highest BCUT2D eigenvalue weighted by Gasteiger charge is 2.30. The number of thioether (sulfide) groups is 1. The molecule has 16 heavy (non-hydrogen) atoms. The predicted octanol–water partition coefficient (Wildman–Crippen LogP) is 3.09. The summed E-state index contributed by atoms with van der Waals surface area (Å²) in [6.45, 7) is 5.91. The van der Waals surface area contributed by atoms with E-state index in [1.807, 2.05) is 0 Å². The fourth-order valence-corrected chi connectivity index (χ4v) is 2.41. The number of hydrogen-bond acceptors (Lipinski definition) is 5. The fourth-order valence-electron chi connectivity index (χ4n) is 0.920. The van der Waals surface area contributed by atoms with Crippen molar-refractivity contribution in [3.63, 3.8) is 0 Å². The Morgan fingerprint density at radius 2 is 2.25 bits per heavy atom. The van der Waals surface area contributed by atoms with Crippen LogP contribution in [0.3, 0.4) is 0 Å². The van der Waals surface area contributed by atoms with Gasteiger partial charge >= 0.3 is 5.97 Å². The summed E-state index contributed by atoms with van der Waals surface area (Å²) in [5.41, 5.74) is 8.04. The average Bonchev–Trinajstić information content (AvgIpc) is 2.15. The first kappa shape index (κ1) is 15.2. The average molecular weight is 261 g/mol. The maximum absolute atomic E-state index is 11.6. The highest BCUT2D eigenvalue weighted by atomic mass is 32.2. The van der Waals surface area contributed by atoms with Gasteiger partial charge in [0.25, 0.3) is 0 Å². The van der Waals surface area contributed by atoms with E-state index < -0.39 is 4.75 Å². The Hall–Kier alpha value is -0.780. The van der Waals surface area contributed by atoms with Gasteiger partial charge in [-0.15, -0.1) is 11.8 Å². The number of hydrogen-bond donors (Lipinski definition) is 0. The summed E-state index contributed by atoms with van der Waals surface area (Å²) in [6.07, 6.45) is 0.535. The van der Waals surface area contributed by atoms with Crippen LogP contribution in [0.2, 0.25) is 0 Å². The molecule has 0 amide bonds. The second-order valence-corrected chi connectivity index (χ2v) is 6.26. The summed E-state index contributed by atoms with van der Waals surface area (Å²) in [7, 11) is 0. The zero-order chi connectivity index (χ0) is 12.6. The van der Waals surface area contributed by atoms with E-state index in [9.17, 15) is 4.79 Å². The minimum absolute atomic E-state index is 0.262. The van der Waals surface area contributed by atoms with Gasteiger partial charge in [0.2, 0.25) is 0 Å². The summed E-state index contributed by atoms with van der Waals surface area (Å²) >= 11 is 6.24. The molecule has 0 aliphatic heterocycles. The number of nitrogens with zero attached hydrogens (tertiary/aromatic N) is 3. The van der Waals surface area contributed by atoms with Crippen LogP contribution < -0.4 is 0 Å². The van der Waals surface area contributed by atoms with Crippen LogP contribution in [0, 0.1) is 0 Å². The Morgan fingerprint density at radius 1 is 1.62 bits per heavy atom. The number of carbonyl (C=O) groups is 1. The molecule has 7 heteroatoms. The smallest absolute Gasteiger partial charge is 0.322 e. The molecule has 0 aliphatic rings. The Bertz CT molecular complexity index is 312. The number of esters is 1. The maximum Gasteiger partial charge on any atom is 0.322 e. The molecular formula is C9H15N3O2S2. The molecule has 90 valence electrons. The standard InChI is InChI=1S/C9H15N3O2S2/c1-7(15)16-9(2,3)8(13)14-6-4-5-11-12-10/h4-6H2,1-3H3. The van der Waals surface area contributed by atoms with Gasteiger partial charge in [0.1, 0.15) is 4.75 Å². The van der Waals surface area contributed by atoms with Crippen LogP contribution in [0.15, 0.2) is 5.11 Å². The molecule has 0 bridgehead atoms. The molecule has 0 radical (unpaired) electrons. The van der Waals surface area contributed by atoms with Crippen molar-refractivity contribution in [2.75, 3.05) is 13.2 Å². The predicted molar refractivity (Wildman–Crippen MR) is 69.5 cm³/mol. The largest absolute Gasteiger partial charge is 0.465 e. The molecule has 0 heterocycles. The van der Waals surface area contributed by atoms with E-state index in [1.54, 1.807) is 20.8 Å². The normalized spacial score (nSPS) is 10.4. The third kappa shape index (κ3) is 6.66. The van der Waals surface area contributed by atoms with E-state index in [0.717, 1.165) is 0 Å². The van der Waals surface area contributed by atoms with E-state index in [-0.39, 0.29) is 12.6 Å². The molecule has 0 unspecified atom stereocenters. The van der Waals surface area contributed by atoms with Gasteiger partial charge in [0.15, 0.2) is 0 Å². The van der Waals surface area contributed by atoms with E-state index in [2.05, 4.69) is 10.0 Å². The summed E-state index contributed by atoms with van der Waals surface area (Å²) in [5.74, 6) is -0.303. The minimum Gasteiger partial charge on any atom is -0.465 e. The SMILES string of the molecule is CC(=S)SC(C)(C)C(=O)OCCCN=[N+]=[N-]. The number of rotatable bonds is 6. The molecule has 0 aliphatic carbocycles. The molecule has 0 aromatic carbocycles. The highest BCUT2D eigenvalue weighted by Crippen LogP contribution is 2.27. The monoisotopic (exact) mass is 261 g/mol. The summed E-state index contributed by atoms with van der Waals surface area (Å²) in [6, 6.07) is 0. The van der Waals surface area contributed by atoms with E-state index in [4.69, 9.17) is 22.5 Å². The van der Waals surface area contributed by atoms with Crippen molar-refractivity contribution in [3.8, 4) is 0 Å². The lowest BCUT2D eigenvalue weighted by Crippen LogP contribution is -2.31. The van der Waals surface area contributed by atoms with Gasteiger partial charge in [0, 0.05) is 15.7 Å². The van der Waals surface area contributed by atoms with Gasteiger partial charge in [-0.3, -0.25) is 4.79 Å². The zero-order valence-corrected chi connectivity index (χ0v) is 11.2. The Kier molecular flexibility index (Phi) is 7.12. The first-order valence-corrected chi connectivity index (χ1v) is 6.00. The fraction of sp³-hybridized carbons (Fsp3) is 0.778. The highest BCUT2D eigenvalue weighted by molar-refractivity contribution is 8.24. The lowest BCUT2D eigenvalue weighted by Gasteiger charge is -2.21. The molecule has 0 aromatic heterocycles. The second-order valence-electron chi connectivity index (χ2n) is 3.55. The molecule has 0 spiro atoms. The summed E-state index contributed by atoms with van der Waals surface area (Å²) < 4.78 is 5.09. The number of carbonyl (C=O) groups excluding carboxylic acids is 1. The van der Waals surface area contributed by atoms with E-state index >= 15 is 0 Å². The number of azide groups is 1. The molecule has 0 atom stereocenters. The van der Waals surface area contributed by atoms with Crippen LogP contribution in [-0.2, 0) is 9.53 Å². The maximum atomic E-state index is 11.6. The third-order valence-corrected chi connectivity index (χ3v) is 2.80. The molecule has 0 saturated heterocycles. The summed E-state index contributed by atoms with van der Waals surface area (Å²) in [5, 5.41) is 3.34. The van der Waals surface area contributed by atoms with Gasteiger partial charge in [-0.1, -0.05) is 17.3 Å². The molecule has 0 aromatic rings. The first-order chi connectivity index (χ1) is 7.40. The lowest BCUT2D eigenvalue weighted by atomic mass is 10.2. The molecule has 0 rings (SSSR count). The zero-order valence-electron chi connectivity index (χ0n) is 9.60. The molecule has 5 nitrogen and oxygen atoms in total. The van der Waals surface area contributed by atoms with Crippen LogP contribution >= 0.6 is 24.0 Å². The number of ether oxygens (including phenoxy) is 1. The van der Waals surface area contributed by atoms with Gasteiger partial charge in [-0.05, 0) is 32.7 Å². The molecular weight excluding hydrogens is 246 g/mol. The Morgan fingerprint density at radius 3 is 2.75 bits per heavy atom. The van der Waals surface area contributed by atoms with Gasteiger partial charge < -0.3 is 4.74 Å². The van der Waals surface area contributed by atoms with Crippen LogP contribution in [0.4, 0.5) is 0 Å². The van der Waals surface area contributed by atoms with Crippen molar-refractivity contribution in [3.05, 3.63) is 10.4 Å². The van der Waals surface area contributed by atoms with Gasteiger partial charge in [-0.25, -0.2) is 0 Å². The topological polar surface area (TPSA) is 75.1 Å². The minimum atomic E-state index is -0.662. The molecule has 0 saturated carbocycles. The van der Waals surface area contributed by atoms with Crippen molar-refractivity contribution in [1.29, 1.82) is 0 Å². The summed E-state index contributed by atoms with van der Waals surface area (Å²) in [4.78, 5) is 14.2. The third-order valence-electron chi connectivity index (χ3n) is 1.59.